The van der Waals surface area contributed by atoms with Crippen LogP contribution >= 0.6 is 11.6 Å². The van der Waals surface area contributed by atoms with Crippen molar-refractivity contribution in [1.82, 2.24) is 15.2 Å². The lowest BCUT2D eigenvalue weighted by Crippen LogP contribution is -2.46. The van der Waals surface area contributed by atoms with Gasteiger partial charge in [0.15, 0.2) is 11.5 Å². The molecule has 0 saturated carbocycles. The van der Waals surface area contributed by atoms with Crippen molar-refractivity contribution in [1.29, 1.82) is 0 Å². The summed E-state index contributed by atoms with van der Waals surface area (Å²) >= 11 is 6.47. The number of pyridine rings is 1. The van der Waals surface area contributed by atoms with Gasteiger partial charge in [-0.1, -0.05) is 32.4 Å². The minimum atomic E-state index is -0.302. The molecule has 4 rings (SSSR count). The number of morpholine rings is 1. The van der Waals surface area contributed by atoms with E-state index in [1.54, 1.807) is 37.6 Å². The van der Waals surface area contributed by atoms with Gasteiger partial charge in [0.05, 0.1) is 35.5 Å². The van der Waals surface area contributed by atoms with Gasteiger partial charge in [-0.3, -0.25) is 9.88 Å². The van der Waals surface area contributed by atoms with Crippen LogP contribution in [-0.4, -0.2) is 68.0 Å². The minimum absolute atomic E-state index is 0.139. The van der Waals surface area contributed by atoms with E-state index >= 15 is 0 Å². The van der Waals surface area contributed by atoms with Crippen molar-refractivity contribution >= 4 is 34.2 Å². The Balaban J connectivity index is 1.41. The van der Waals surface area contributed by atoms with E-state index in [0.717, 1.165) is 31.4 Å². The lowest BCUT2D eigenvalue weighted by Gasteiger charge is -2.35. The molecule has 0 bridgehead atoms. The number of carbonyl (C=O) groups excluding carboxylic acids is 1. The van der Waals surface area contributed by atoms with Gasteiger partial charge in [-0.25, -0.2) is 4.79 Å². The van der Waals surface area contributed by atoms with E-state index < -0.39 is 0 Å². The SMILES string of the molecule is COc1cc2c(Oc3ccc(NC(=O)NCCC(C)(C)C)c(Cl)c3)ccnc2cc1OCCN1CC(C)OC(C)C1. The summed E-state index contributed by atoms with van der Waals surface area (Å²) in [6, 6.07) is 10.4. The van der Waals surface area contributed by atoms with Crippen molar-refractivity contribution in [2.75, 3.05) is 45.2 Å². The first-order valence-electron chi connectivity index (χ1n) is 14.0. The van der Waals surface area contributed by atoms with Crippen LogP contribution in [0.3, 0.4) is 0 Å². The fraction of sp³-hybridized carbons (Fsp3) is 0.484. The summed E-state index contributed by atoms with van der Waals surface area (Å²) in [4.78, 5) is 19.2. The molecule has 3 aromatic rings. The molecule has 0 spiro atoms. The number of anilines is 1. The van der Waals surface area contributed by atoms with Crippen molar-refractivity contribution < 1.29 is 23.7 Å². The molecule has 10 heteroatoms. The van der Waals surface area contributed by atoms with Crippen molar-refractivity contribution in [2.45, 2.75) is 53.2 Å². The quantitative estimate of drug-likeness (QED) is 0.273. The second kappa shape index (κ2) is 13.6. The highest BCUT2D eigenvalue weighted by Gasteiger charge is 2.22. The van der Waals surface area contributed by atoms with E-state index in [1.807, 2.05) is 12.1 Å². The second-order valence-electron chi connectivity index (χ2n) is 11.6. The zero-order chi connectivity index (χ0) is 29.6. The van der Waals surface area contributed by atoms with Crippen LogP contribution in [-0.2, 0) is 4.74 Å². The fourth-order valence-corrected chi connectivity index (χ4v) is 4.96. The van der Waals surface area contributed by atoms with Crippen LogP contribution < -0.4 is 24.8 Å². The Bertz CT molecular complexity index is 1340. The average Bonchev–Trinajstić information content (AvgIpc) is 2.89. The number of hydrogen-bond donors (Lipinski definition) is 2. The Morgan fingerprint density at radius 3 is 2.54 bits per heavy atom. The van der Waals surface area contributed by atoms with Crippen LogP contribution in [0.15, 0.2) is 42.6 Å². The molecule has 2 unspecified atom stereocenters. The van der Waals surface area contributed by atoms with Crippen molar-refractivity contribution in [3.8, 4) is 23.0 Å². The largest absolute Gasteiger partial charge is 0.493 e. The molecule has 1 saturated heterocycles. The van der Waals surface area contributed by atoms with Crippen molar-refractivity contribution in [3.05, 3.63) is 47.6 Å². The van der Waals surface area contributed by atoms with Gasteiger partial charge in [0.2, 0.25) is 0 Å². The maximum Gasteiger partial charge on any atom is 0.319 e. The third-order valence-electron chi connectivity index (χ3n) is 6.72. The van der Waals surface area contributed by atoms with Gasteiger partial charge in [0.25, 0.3) is 0 Å². The molecule has 1 aliphatic heterocycles. The lowest BCUT2D eigenvalue weighted by atomic mass is 9.92. The maximum absolute atomic E-state index is 12.3. The highest BCUT2D eigenvalue weighted by molar-refractivity contribution is 6.33. The number of methoxy groups -OCH3 is 1. The van der Waals surface area contributed by atoms with E-state index in [2.05, 4.69) is 55.1 Å². The number of aromatic nitrogens is 1. The van der Waals surface area contributed by atoms with Gasteiger partial charge in [0.1, 0.15) is 18.1 Å². The Labute approximate surface area is 247 Å². The number of benzene rings is 2. The van der Waals surface area contributed by atoms with Gasteiger partial charge in [0, 0.05) is 49.9 Å². The van der Waals surface area contributed by atoms with Gasteiger partial charge in [-0.2, -0.15) is 0 Å². The number of amides is 2. The van der Waals surface area contributed by atoms with Crippen LogP contribution in [0.4, 0.5) is 10.5 Å². The Morgan fingerprint density at radius 2 is 1.85 bits per heavy atom. The molecule has 9 nitrogen and oxygen atoms in total. The summed E-state index contributed by atoms with van der Waals surface area (Å²) in [5.41, 5.74) is 1.35. The van der Waals surface area contributed by atoms with Crippen LogP contribution in [0, 0.1) is 5.41 Å². The van der Waals surface area contributed by atoms with Crippen LogP contribution in [0.25, 0.3) is 10.9 Å². The fourth-order valence-electron chi connectivity index (χ4n) is 4.75. The normalized spacial score (nSPS) is 17.7. The second-order valence-corrected chi connectivity index (χ2v) is 12.0. The number of rotatable bonds is 10. The highest BCUT2D eigenvalue weighted by atomic mass is 35.5. The van der Waals surface area contributed by atoms with E-state index in [0.29, 0.717) is 52.4 Å². The molecule has 41 heavy (non-hydrogen) atoms. The summed E-state index contributed by atoms with van der Waals surface area (Å²) in [6.45, 7) is 14.2. The number of ether oxygens (including phenoxy) is 4. The van der Waals surface area contributed by atoms with Crippen LogP contribution in [0.1, 0.15) is 41.0 Å². The molecule has 0 aliphatic carbocycles. The standard InChI is InChI=1S/C31H41ClN4O5/c1-20-18-36(19-21(2)40-20)13-14-39-29-17-26-23(16-28(29)38-6)27(9-11-33-26)41-22-7-8-25(24(32)15-22)35-30(37)34-12-10-31(3,4)5/h7-9,11,15-17,20-21H,10,12-14,18-19H2,1-6H3,(H2,34,35,37). The molecule has 1 aliphatic rings. The maximum atomic E-state index is 12.3. The first kappa shape index (κ1) is 30.7. The molecular weight excluding hydrogens is 544 g/mol. The molecule has 1 aromatic heterocycles. The van der Waals surface area contributed by atoms with Gasteiger partial charge in [-0.15, -0.1) is 0 Å². The number of nitrogens with one attached hydrogen (secondary N) is 2. The Kier molecular flexibility index (Phi) is 10.2. The summed E-state index contributed by atoms with van der Waals surface area (Å²) in [6.07, 6.45) is 2.97. The van der Waals surface area contributed by atoms with Crippen molar-refractivity contribution in [2.24, 2.45) is 5.41 Å². The lowest BCUT2D eigenvalue weighted by molar-refractivity contribution is -0.0699. The average molecular weight is 585 g/mol. The Hall–Kier alpha value is -3.27. The van der Waals surface area contributed by atoms with Crippen LogP contribution in [0.2, 0.25) is 5.02 Å². The number of urea groups is 1. The molecule has 1 fully saturated rings. The Morgan fingerprint density at radius 1 is 1.10 bits per heavy atom. The van der Waals surface area contributed by atoms with E-state index in [4.69, 9.17) is 30.5 Å². The van der Waals surface area contributed by atoms with Crippen molar-refractivity contribution in [3.63, 3.8) is 0 Å². The molecule has 2 aromatic carbocycles. The molecule has 2 amide bonds. The highest BCUT2D eigenvalue weighted by Crippen LogP contribution is 2.38. The van der Waals surface area contributed by atoms with Crippen LogP contribution in [0.5, 0.6) is 23.0 Å². The smallest absolute Gasteiger partial charge is 0.319 e. The number of nitrogens with zero attached hydrogens (tertiary/aromatic N) is 2. The zero-order valence-corrected chi connectivity index (χ0v) is 25.5. The molecule has 222 valence electrons. The van der Waals surface area contributed by atoms with E-state index in [1.165, 1.54) is 0 Å². The third kappa shape index (κ3) is 8.86. The van der Waals surface area contributed by atoms with E-state index in [-0.39, 0.29) is 23.7 Å². The first-order valence-corrected chi connectivity index (χ1v) is 14.4. The molecule has 0 radical (unpaired) electrons. The summed E-state index contributed by atoms with van der Waals surface area (Å²) in [5, 5.41) is 6.79. The molecule has 2 heterocycles. The molecule has 2 N–H and O–H groups in total. The van der Waals surface area contributed by atoms with E-state index in [9.17, 15) is 4.79 Å². The number of halogens is 1. The predicted octanol–water partition coefficient (Wildman–Crippen LogP) is 6.73. The van der Waals surface area contributed by atoms with Gasteiger partial charge in [-0.05, 0) is 49.9 Å². The third-order valence-corrected chi connectivity index (χ3v) is 7.04. The topological polar surface area (TPSA) is 94.2 Å². The monoisotopic (exact) mass is 584 g/mol. The molecule has 2 atom stereocenters. The molecular formula is C31H41ClN4O5. The number of hydrogen-bond acceptors (Lipinski definition) is 7. The summed E-state index contributed by atoms with van der Waals surface area (Å²) in [5.74, 6) is 2.33. The number of carbonyl (C=O) groups is 1. The van der Waals surface area contributed by atoms with Gasteiger partial charge < -0.3 is 29.6 Å². The zero-order valence-electron chi connectivity index (χ0n) is 24.8. The minimum Gasteiger partial charge on any atom is -0.493 e. The number of fused-ring (bicyclic) bond motifs is 1. The first-order chi connectivity index (χ1) is 19.5. The summed E-state index contributed by atoms with van der Waals surface area (Å²) in [7, 11) is 1.61. The summed E-state index contributed by atoms with van der Waals surface area (Å²) < 4.78 is 23.8. The predicted molar refractivity (Wildman–Crippen MR) is 163 cm³/mol. The van der Waals surface area contributed by atoms with Gasteiger partial charge >= 0.3 is 6.03 Å².